The number of nitrogens with one attached hydrogen (secondary N) is 2. The summed E-state index contributed by atoms with van der Waals surface area (Å²) < 4.78 is 0. The summed E-state index contributed by atoms with van der Waals surface area (Å²) in [6, 6.07) is 14.6. The SMILES string of the molecule is CC(CN1CCN(c2ccccc2)CC1)NC(=O)Cc1ccc[nH]1. The second-order valence-corrected chi connectivity index (χ2v) is 6.46. The monoisotopic (exact) mass is 326 g/mol. The smallest absolute Gasteiger partial charge is 0.226 e. The fourth-order valence-electron chi connectivity index (χ4n) is 3.24. The molecule has 1 fully saturated rings. The van der Waals surface area contributed by atoms with Gasteiger partial charge in [-0.2, -0.15) is 0 Å². The molecule has 1 aromatic heterocycles. The largest absolute Gasteiger partial charge is 0.369 e. The Hall–Kier alpha value is -2.27. The topological polar surface area (TPSA) is 51.4 Å². The van der Waals surface area contributed by atoms with Crippen LogP contribution in [0.2, 0.25) is 0 Å². The molecule has 0 saturated carbocycles. The van der Waals surface area contributed by atoms with E-state index < -0.39 is 0 Å². The summed E-state index contributed by atoms with van der Waals surface area (Å²) in [5.41, 5.74) is 2.25. The Morgan fingerprint density at radius 2 is 1.88 bits per heavy atom. The van der Waals surface area contributed by atoms with Crippen LogP contribution in [0.5, 0.6) is 0 Å². The minimum Gasteiger partial charge on any atom is -0.369 e. The fraction of sp³-hybridized carbons (Fsp3) is 0.421. The molecule has 0 bridgehead atoms. The van der Waals surface area contributed by atoms with Gasteiger partial charge < -0.3 is 15.2 Å². The van der Waals surface area contributed by atoms with Gasteiger partial charge in [0.25, 0.3) is 0 Å². The molecule has 2 N–H and O–H groups in total. The van der Waals surface area contributed by atoms with E-state index in [9.17, 15) is 4.79 Å². The molecule has 1 aliphatic rings. The molecule has 5 heteroatoms. The zero-order valence-corrected chi connectivity index (χ0v) is 14.2. The van der Waals surface area contributed by atoms with E-state index in [1.807, 2.05) is 18.3 Å². The van der Waals surface area contributed by atoms with Crippen LogP contribution in [0, 0.1) is 0 Å². The first-order valence-electron chi connectivity index (χ1n) is 8.64. The van der Waals surface area contributed by atoms with Gasteiger partial charge in [-0.1, -0.05) is 18.2 Å². The molecule has 5 nitrogen and oxygen atoms in total. The fourth-order valence-corrected chi connectivity index (χ4v) is 3.24. The van der Waals surface area contributed by atoms with Crippen molar-refractivity contribution < 1.29 is 4.79 Å². The summed E-state index contributed by atoms with van der Waals surface area (Å²) in [6.07, 6.45) is 2.26. The summed E-state index contributed by atoms with van der Waals surface area (Å²) in [4.78, 5) is 20.0. The molecule has 1 aliphatic heterocycles. The molecule has 1 amide bonds. The van der Waals surface area contributed by atoms with E-state index in [1.54, 1.807) is 0 Å². The summed E-state index contributed by atoms with van der Waals surface area (Å²) in [6.45, 7) is 7.12. The number of hydrogen-bond donors (Lipinski definition) is 2. The van der Waals surface area contributed by atoms with Crippen molar-refractivity contribution >= 4 is 11.6 Å². The summed E-state index contributed by atoms with van der Waals surface area (Å²) in [5, 5.41) is 3.09. The number of hydrogen-bond acceptors (Lipinski definition) is 3. The van der Waals surface area contributed by atoms with Crippen LogP contribution in [0.15, 0.2) is 48.7 Å². The molecule has 128 valence electrons. The number of benzene rings is 1. The molecular weight excluding hydrogens is 300 g/mol. The van der Waals surface area contributed by atoms with Crippen molar-refractivity contribution in [2.75, 3.05) is 37.6 Å². The zero-order chi connectivity index (χ0) is 16.8. The number of carbonyl (C=O) groups excluding carboxylic acids is 1. The highest BCUT2D eigenvalue weighted by molar-refractivity contribution is 5.78. The lowest BCUT2D eigenvalue weighted by Gasteiger charge is -2.37. The maximum Gasteiger partial charge on any atom is 0.226 e. The van der Waals surface area contributed by atoms with E-state index in [4.69, 9.17) is 0 Å². The molecular formula is C19H26N4O. The van der Waals surface area contributed by atoms with Gasteiger partial charge in [0.2, 0.25) is 5.91 Å². The maximum absolute atomic E-state index is 12.0. The Labute approximate surface area is 143 Å². The number of H-pyrrole nitrogens is 1. The van der Waals surface area contributed by atoms with Crippen molar-refractivity contribution in [1.82, 2.24) is 15.2 Å². The Morgan fingerprint density at radius 1 is 1.12 bits per heavy atom. The maximum atomic E-state index is 12.0. The van der Waals surface area contributed by atoms with Crippen molar-refractivity contribution in [3.05, 3.63) is 54.4 Å². The highest BCUT2D eigenvalue weighted by Crippen LogP contribution is 2.15. The van der Waals surface area contributed by atoms with Crippen LogP contribution in [0.1, 0.15) is 12.6 Å². The number of para-hydroxylation sites is 1. The van der Waals surface area contributed by atoms with Gasteiger partial charge in [-0.25, -0.2) is 0 Å². The molecule has 0 radical (unpaired) electrons. The minimum atomic E-state index is 0.0767. The van der Waals surface area contributed by atoms with E-state index in [-0.39, 0.29) is 11.9 Å². The van der Waals surface area contributed by atoms with Gasteiger partial charge in [0.15, 0.2) is 0 Å². The van der Waals surface area contributed by atoms with Crippen molar-refractivity contribution in [3.63, 3.8) is 0 Å². The second kappa shape index (κ2) is 8.02. The summed E-state index contributed by atoms with van der Waals surface area (Å²) in [7, 11) is 0. The van der Waals surface area contributed by atoms with Crippen LogP contribution >= 0.6 is 0 Å². The molecule has 2 heterocycles. The van der Waals surface area contributed by atoms with Gasteiger partial charge in [0.05, 0.1) is 6.42 Å². The van der Waals surface area contributed by atoms with Crippen LogP contribution < -0.4 is 10.2 Å². The molecule has 1 saturated heterocycles. The second-order valence-electron chi connectivity index (χ2n) is 6.46. The van der Waals surface area contributed by atoms with Crippen LogP contribution in [-0.4, -0.2) is 54.6 Å². The Kier molecular flexibility index (Phi) is 5.54. The van der Waals surface area contributed by atoms with E-state index in [2.05, 4.69) is 57.4 Å². The highest BCUT2D eigenvalue weighted by atomic mass is 16.1. The van der Waals surface area contributed by atoms with E-state index in [0.717, 1.165) is 38.4 Å². The number of carbonyl (C=O) groups is 1. The predicted molar refractivity (Wildman–Crippen MR) is 97.2 cm³/mol. The number of piperazine rings is 1. The molecule has 0 aliphatic carbocycles. The zero-order valence-electron chi connectivity index (χ0n) is 14.2. The molecule has 2 aromatic rings. The normalized spacial score (nSPS) is 16.8. The third-order valence-corrected chi connectivity index (χ3v) is 4.45. The number of nitrogens with zero attached hydrogens (tertiary/aromatic N) is 2. The van der Waals surface area contributed by atoms with Gasteiger partial charge in [0.1, 0.15) is 0 Å². The van der Waals surface area contributed by atoms with Crippen molar-refractivity contribution in [2.24, 2.45) is 0 Å². The predicted octanol–water partition coefficient (Wildman–Crippen LogP) is 1.88. The average Bonchev–Trinajstić information content (AvgIpc) is 3.09. The summed E-state index contributed by atoms with van der Waals surface area (Å²) in [5.74, 6) is 0.0767. The van der Waals surface area contributed by atoms with Gasteiger partial charge in [-0.15, -0.1) is 0 Å². The van der Waals surface area contributed by atoms with Crippen LogP contribution in [0.25, 0.3) is 0 Å². The average molecular weight is 326 g/mol. The lowest BCUT2D eigenvalue weighted by atomic mass is 10.2. The number of aromatic nitrogens is 1. The van der Waals surface area contributed by atoms with Crippen molar-refractivity contribution in [1.29, 1.82) is 0 Å². The Bertz CT molecular complexity index is 618. The first-order chi connectivity index (χ1) is 11.7. The molecule has 1 unspecified atom stereocenters. The van der Waals surface area contributed by atoms with Crippen LogP contribution in [-0.2, 0) is 11.2 Å². The van der Waals surface area contributed by atoms with Gasteiger partial charge in [-0.3, -0.25) is 9.69 Å². The lowest BCUT2D eigenvalue weighted by Crippen LogP contribution is -2.51. The van der Waals surface area contributed by atoms with Gasteiger partial charge in [-0.05, 0) is 31.2 Å². The molecule has 3 rings (SSSR count). The van der Waals surface area contributed by atoms with Crippen LogP contribution in [0.3, 0.4) is 0 Å². The number of anilines is 1. The third kappa shape index (κ3) is 4.61. The van der Waals surface area contributed by atoms with Gasteiger partial charge in [0, 0.05) is 56.3 Å². The standard InChI is InChI=1S/C19H26N4O/c1-16(21-19(24)14-17-6-5-9-20-17)15-22-10-12-23(13-11-22)18-7-3-2-4-8-18/h2-9,16,20H,10-15H2,1H3,(H,21,24). The number of rotatable bonds is 6. The van der Waals surface area contributed by atoms with Gasteiger partial charge >= 0.3 is 0 Å². The number of aromatic amines is 1. The van der Waals surface area contributed by atoms with Crippen molar-refractivity contribution in [3.8, 4) is 0 Å². The summed E-state index contributed by atoms with van der Waals surface area (Å²) >= 11 is 0. The molecule has 24 heavy (non-hydrogen) atoms. The molecule has 1 atom stereocenters. The first kappa shape index (κ1) is 16.6. The Morgan fingerprint density at radius 3 is 2.54 bits per heavy atom. The van der Waals surface area contributed by atoms with Crippen molar-refractivity contribution in [2.45, 2.75) is 19.4 Å². The third-order valence-electron chi connectivity index (χ3n) is 4.45. The minimum absolute atomic E-state index is 0.0767. The first-order valence-corrected chi connectivity index (χ1v) is 8.64. The van der Waals surface area contributed by atoms with E-state index in [1.165, 1.54) is 5.69 Å². The Balaban J connectivity index is 1.40. The van der Waals surface area contributed by atoms with E-state index >= 15 is 0 Å². The number of amides is 1. The lowest BCUT2D eigenvalue weighted by molar-refractivity contribution is -0.121. The molecule has 0 spiro atoms. The van der Waals surface area contributed by atoms with E-state index in [0.29, 0.717) is 6.42 Å². The van der Waals surface area contributed by atoms with Crippen LogP contribution in [0.4, 0.5) is 5.69 Å². The quantitative estimate of drug-likeness (QED) is 0.852. The molecule has 1 aromatic carbocycles. The highest BCUT2D eigenvalue weighted by Gasteiger charge is 2.19.